The molecule has 29 heavy (non-hydrogen) atoms. The Hall–Kier alpha value is -2.68. The first-order valence-corrected chi connectivity index (χ1v) is 10.0. The lowest BCUT2D eigenvalue weighted by molar-refractivity contribution is 0.0945. The van der Waals surface area contributed by atoms with Gasteiger partial charge in [0.15, 0.2) is 5.69 Å². The molecule has 2 N–H and O–H groups in total. The summed E-state index contributed by atoms with van der Waals surface area (Å²) in [6.45, 7) is 0.393. The average molecular weight is 451 g/mol. The topological polar surface area (TPSA) is 93.2 Å². The minimum atomic E-state index is -0.371. The average Bonchev–Trinajstić information content (AvgIpc) is 3.06. The molecule has 0 fully saturated rings. The molecule has 150 valence electrons. The van der Waals surface area contributed by atoms with E-state index >= 15 is 0 Å². The van der Waals surface area contributed by atoms with E-state index < -0.39 is 0 Å². The van der Waals surface area contributed by atoms with E-state index in [1.807, 2.05) is 18.2 Å². The van der Waals surface area contributed by atoms with Crippen molar-refractivity contribution in [1.82, 2.24) is 20.0 Å². The first kappa shape index (κ1) is 21.0. The third-order valence-electron chi connectivity index (χ3n) is 3.84. The molecule has 0 aliphatic rings. The van der Waals surface area contributed by atoms with E-state index in [-0.39, 0.29) is 32.6 Å². The molecule has 0 saturated carbocycles. The summed E-state index contributed by atoms with van der Waals surface area (Å²) < 4.78 is 10.1. The molecule has 0 spiro atoms. The lowest BCUT2D eigenvalue weighted by Crippen LogP contribution is -2.26. The standard InChI is InChI=1S/C19H16Cl2N4O3S/c1-22-18(26)14-10-13(6-8-23-14)28-12-4-2-3-11(9-12)5-7-24-19(27)16-15(20)17(21)29-25-16/h2-4,6,8-10H,5,7H2,1H3,(H,22,26)(H,24,27). The fourth-order valence-electron chi connectivity index (χ4n) is 2.43. The highest BCUT2D eigenvalue weighted by molar-refractivity contribution is 7.11. The van der Waals surface area contributed by atoms with Gasteiger partial charge in [-0.05, 0) is 41.7 Å². The zero-order valence-electron chi connectivity index (χ0n) is 15.2. The Morgan fingerprint density at radius 2 is 1.93 bits per heavy atom. The van der Waals surface area contributed by atoms with Gasteiger partial charge in [-0.25, -0.2) is 0 Å². The second-order valence-electron chi connectivity index (χ2n) is 5.83. The maximum Gasteiger partial charge on any atom is 0.272 e. The van der Waals surface area contributed by atoms with Crippen LogP contribution >= 0.6 is 34.7 Å². The Morgan fingerprint density at radius 1 is 1.14 bits per heavy atom. The Kier molecular flexibility index (Phi) is 7.03. The van der Waals surface area contributed by atoms with Gasteiger partial charge in [-0.1, -0.05) is 35.3 Å². The van der Waals surface area contributed by atoms with E-state index in [4.69, 9.17) is 27.9 Å². The molecule has 0 aliphatic heterocycles. The minimum Gasteiger partial charge on any atom is -0.457 e. The molecular weight excluding hydrogens is 435 g/mol. The predicted molar refractivity (Wildman–Crippen MR) is 112 cm³/mol. The van der Waals surface area contributed by atoms with E-state index in [0.29, 0.717) is 24.5 Å². The fourth-order valence-corrected chi connectivity index (χ4v) is 3.43. The molecule has 0 unspecified atom stereocenters. The van der Waals surface area contributed by atoms with Crippen molar-refractivity contribution in [3.63, 3.8) is 0 Å². The zero-order chi connectivity index (χ0) is 20.8. The number of benzene rings is 1. The summed E-state index contributed by atoms with van der Waals surface area (Å²) in [6.07, 6.45) is 2.09. The number of nitrogens with zero attached hydrogens (tertiary/aromatic N) is 2. The third-order valence-corrected chi connectivity index (χ3v) is 5.45. The van der Waals surface area contributed by atoms with Gasteiger partial charge in [0.05, 0.1) is 0 Å². The van der Waals surface area contributed by atoms with E-state index in [0.717, 1.165) is 17.1 Å². The van der Waals surface area contributed by atoms with Crippen molar-refractivity contribution in [3.05, 3.63) is 68.9 Å². The molecule has 0 radical (unpaired) electrons. The summed E-state index contributed by atoms with van der Waals surface area (Å²) >= 11 is 12.7. The van der Waals surface area contributed by atoms with Crippen LogP contribution in [0.3, 0.4) is 0 Å². The molecule has 0 aliphatic carbocycles. The van der Waals surface area contributed by atoms with Gasteiger partial charge in [-0.15, -0.1) is 0 Å². The summed E-state index contributed by atoms with van der Waals surface area (Å²) in [4.78, 5) is 27.8. The molecule has 10 heteroatoms. The van der Waals surface area contributed by atoms with Crippen molar-refractivity contribution >= 4 is 46.5 Å². The van der Waals surface area contributed by atoms with Crippen LogP contribution in [0, 0.1) is 0 Å². The summed E-state index contributed by atoms with van der Waals surface area (Å²) in [6, 6.07) is 10.7. The first-order valence-electron chi connectivity index (χ1n) is 8.51. The van der Waals surface area contributed by atoms with Crippen molar-refractivity contribution in [1.29, 1.82) is 0 Å². The van der Waals surface area contributed by atoms with Gasteiger partial charge in [0.2, 0.25) is 0 Å². The number of amides is 2. The Labute approximate surface area is 181 Å². The van der Waals surface area contributed by atoms with Gasteiger partial charge < -0.3 is 15.4 Å². The van der Waals surface area contributed by atoms with Crippen LogP contribution in [0.5, 0.6) is 11.5 Å². The van der Waals surface area contributed by atoms with E-state index in [2.05, 4.69) is 20.0 Å². The van der Waals surface area contributed by atoms with Crippen LogP contribution in [0.25, 0.3) is 0 Å². The van der Waals surface area contributed by atoms with Gasteiger partial charge in [0.1, 0.15) is 26.6 Å². The van der Waals surface area contributed by atoms with E-state index in [9.17, 15) is 9.59 Å². The lowest BCUT2D eigenvalue weighted by Gasteiger charge is -2.09. The van der Waals surface area contributed by atoms with Crippen molar-refractivity contribution in [3.8, 4) is 11.5 Å². The maximum absolute atomic E-state index is 12.1. The van der Waals surface area contributed by atoms with E-state index in [1.165, 1.54) is 13.2 Å². The number of carbonyl (C=O) groups is 2. The summed E-state index contributed by atoms with van der Waals surface area (Å²) in [5, 5.41) is 5.45. The number of hydrogen-bond acceptors (Lipinski definition) is 6. The normalized spacial score (nSPS) is 10.4. The van der Waals surface area contributed by atoms with Gasteiger partial charge >= 0.3 is 0 Å². The summed E-state index contributed by atoms with van der Waals surface area (Å²) in [5.41, 5.74) is 1.36. The molecule has 2 aromatic heterocycles. The first-order chi connectivity index (χ1) is 14.0. The van der Waals surface area contributed by atoms with Crippen LogP contribution in [0.4, 0.5) is 0 Å². The minimum absolute atomic E-state index is 0.128. The van der Waals surface area contributed by atoms with Crippen LogP contribution in [0.15, 0.2) is 42.6 Å². The zero-order valence-corrected chi connectivity index (χ0v) is 17.6. The van der Waals surface area contributed by atoms with Gasteiger partial charge in [0.25, 0.3) is 11.8 Å². The Morgan fingerprint density at radius 3 is 2.66 bits per heavy atom. The molecule has 3 aromatic rings. The number of ether oxygens (including phenoxy) is 1. The third kappa shape index (κ3) is 5.44. The summed E-state index contributed by atoms with van der Waals surface area (Å²) in [5.74, 6) is 0.446. The predicted octanol–water partition coefficient (Wildman–Crippen LogP) is 3.97. The smallest absolute Gasteiger partial charge is 0.272 e. The number of carbonyl (C=O) groups excluding carboxylic acids is 2. The molecule has 0 saturated heterocycles. The number of pyridine rings is 1. The number of aromatic nitrogens is 2. The SMILES string of the molecule is CNC(=O)c1cc(Oc2cccc(CCNC(=O)c3nsc(Cl)c3Cl)c2)ccn1. The summed E-state index contributed by atoms with van der Waals surface area (Å²) in [7, 11) is 1.54. The van der Waals surface area contributed by atoms with Crippen LogP contribution < -0.4 is 15.4 Å². The van der Waals surface area contributed by atoms with Crippen molar-refractivity contribution in [2.75, 3.05) is 13.6 Å². The maximum atomic E-state index is 12.1. The lowest BCUT2D eigenvalue weighted by atomic mass is 10.1. The quantitative estimate of drug-likeness (QED) is 0.567. The number of hydrogen-bond donors (Lipinski definition) is 2. The second-order valence-corrected chi connectivity index (χ2v) is 7.58. The highest BCUT2D eigenvalue weighted by Crippen LogP contribution is 2.29. The van der Waals surface area contributed by atoms with Gasteiger partial charge in [-0.3, -0.25) is 14.6 Å². The van der Waals surface area contributed by atoms with Crippen molar-refractivity contribution in [2.24, 2.45) is 0 Å². The number of nitrogens with one attached hydrogen (secondary N) is 2. The molecule has 1 aromatic carbocycles. The van der Waals surface area contributed by atoms with Crippen LogP contribution in [-0.2, 0) is 6.42 Å². The molecule has 3 rings (SSSR count). The van der Waals surface area contributed by atoms with Crippen molar-refractivity contribution < 1.29 is 14.3 Å². The molecule has 2 heterocycles. The fraction of sp³-hybridized carbons (Fsp3) is 0.158. The molecule has 0 atom stereocenters. The molecule has 0 bridgehead atoms. The molecule has 2 amide bonds. The van der Waals surface area contributed by atoms with Crippen LogP contribution in [0.2, 0.25) is 9.36 Å². The van der Waals surface area contributed by atoms with E-state index in [1.54, 1.807) is 18.2 Å². The monoisotopic (exact) mass is 450 g/mol. The second kappa shape index (κ2) is 9.69. The van der Waals surface area contributed by atoms with Crippen LogP contribution in [0.1, 0.15) is 26.5 Å². The van der Waals surface area contributed by atoms with Gasteiger partial charge in [0, 0.05) is 25.9 Å². The number of halogens is 2. The highest BCUT2D eigenvalue weighted by atomic mass is 35.5. The Bertz CT molecular complexity index is 1040. The highest BCUT2D eigenvalue weighted by Gasteiger charge is 2.17. The largest absolute Gasteiger partial charge is 0.457 e. The molecule has 7 nitrogen and oxygen atoms in total. The molecular formula is C19H16Cl2N4O3S. The van der Waals surface area contributed by atoms with Crippen molar-refractivity contribution in [2.45, 2.75) is 6.42 Å². The van der Waals surface area contributed by atoms with Gasteiger partial charge in [-0.2, -0.15) is 4.37 Å². The van der Waals surface area contributed by atoms with Crippen LogP contribution in [-0.4, -0.2) is 34.8 Å². The number of rotatable bonds is 7. The Balaban J connectivity index is 1.59.